The van der Waals surface area contributed by atoms with Gasteiger partial charge in [-0.15, -0.1) is 13.1 Å². The molecule has 8 aromatic carbocycles. The number of nitrogens with one attached hydrogen (secondary N) is 6. The Morgan fingerprint density at radius 3 is 1.15 bits per heavy atom. The van der Waals surface area contributed by atoms with Gasteiger partial charge in [-0.1, -0.05) is 77.6 Å². The number of anilines is 15. The Hall–Kier alpha value is -11.1. The molecule has 4 fully saturated rings. The summed E-state index contributed by atoms with van der Waals surface area (Å²) in [6.45, 7) is 28.3. The van der Waals surface area contributed by atoms with Gasteiger partial charge >= 0.3 is 23.5 Å². The smallest absolute Gasteiger partial charge is 0.490 e. The summed E-state index contributed by atoms with van der Waals surface area (Å²) in [6.07, 6.45) is 14.8. The van der Waals surface area contributed by atoms with Gasteiger partial charge in [0.15, 0.2) is 29.0 Å². The number of hydrogen-bond acceptors (Lipinski definition) is 30. The van der Waals surface area contributed by atoms with Crippen LogP contribution in [-0.4, -0.2) is 198 Å². The number of aliphatic carboxylic acids is 1. The third-order valence-corrected chi connectivity index (χ3v) is 27.4. The monoisotopic (exact) mass is 2170 g/mol. The fraction of sp³-hybridized carbons (Fsp3) is 0.351. The number of nitro groups is 2. The number of nitrogens with zero attached hydrogens (tertiary/aromatic N) is 12. The molecule has 0 bridgehead atoms. The zero-order valence-corrected chi connectivity index (χ0v) is 89.5. The van der Waals surface area contributed by atoms with E-state index in [9.17, 15) is 51.5 Å². The molecule has 0 spiro atoms. The second-order valence-electron chi connectivity index (χ2n) is 33.0. The fourth-order valence-electron chi connectivity index (χ4n) is 14.5. The van der Waals surface area contributed by atoms with Gasteiger partial charge in [0.05, 0.1) is 98.1 Å². The summed E-state index contributed by atoms with van der Waals surface area (Å²) in [5.41, 5.74) is 14.2. The first-order chi connectivity index (χ1) is 67.1. The number of halogens is 8. The summed E-state index contributed by atoms with van der Waals surface area (Å²) < 4.78 is 108. The molecule has 763 valence electrons. The van der Waals surface area contributed by atoms with Gasteiger partial charge in [-0.3, -0.25) is 20.2 Å². The molecule has 0 unspecified atom stereocenters. The number of carbonyl (C=O) groups is 1. The molecule has 142 heavy (non-hydrogen) atoms. The number of methoxy groups -OCH3 is 5. The van der Waals surface area contributed by atoms with Crippen LogP contribution < -0.4 is 96.8 Å². The maximum Gasteiger partial charge on any atom is 0.490 e. The van der Waals surface area contributed by atoms with E-state index in [-0.39, 0.29) is 55.1 Å². The predicted octanol–water partition coefficient (Wildman–Crippen LogP) is 23.0. The van der Waals surface area contributed by atoms with E-state index >= 15 is 0 Å². The van der Waals surface area contributed by atoms with E-state index in [0.29, 0.717) is 97.4 Å². The van der Waals surface area contributed by atoms with E-state index in [1.807, 2.05) is 120 Å². The Labute approximate surface area is 870 Å². The van der Waals surface area contributed by atoms with Gasteiger partial charge in [0.25, 0.3) is 0 Å². The molecule has 11 aromatic rings. The number of benzene rings is 8. The van der Waals surface area contributed by atoms with Crippen LogP contribution in [0.3, 0.4) is 0 Å². The standard InChI is InChI=1S/C24H29ClN5O2P.C23H27ClN5O2P.C12H12Cl2N3OP.C12H16N2O3.C12H18N2O.C7H6FNO3.C5H11N.C2HF3O2.Y/c1-32-21-15-17(30-13-7-4-8-14-30)11-12-19(21)28-24-26-16-18(25)23(29-24)27-20-9-5-6-10-22(20)33(2,3)31;1-6-29(7-2)16-12-13-18(20(14-16)31-3)27-23-25-15-17(24)22(28-23)26-19-10-8-9-11-21(19)32(4,5)30;1-19(2,18)10-6-4-3-5-9(10)16-11-8(13)7-15-12(14)17-11;1-17-12-9-10(5-6-11(12)14(15)16)13-7-3-2-4-8-13;1-15-12-9-10(5-6-11(12)13)14-7-3-2-4-8-14;1-12-7-4-5(8)2-3-6(7)9(10)11;1-2-4-6-5-3-1;3-2(4,5)1(6)7;/h5-6,9-12,15-16H,4,7-8,13-14H2,1-3H3,(H2,26,27,28,29);8-15H,1-2,6-7H2,3-5H3,(H2,25,26,27,28);3-7H,1-2H3,(H,15,16,17);5-6,9H,2-4,7-8H2,1H3;5-6,9H,2-4,7-8,13H2,1H3;2-4H,1H3;6H,1-5H2;(H,6,7);/q;-2;;;;;;;. The molecule has 0 saturated carbocycles. The summed E-state index contributed by atoms with van der Waals surface area (Å²) in [5, 5.41) is 50.7. The molecule has 0 amide bonds. The third kappa shape index (κ3) is 37.3. The van der Waals surface area contributed by atoms with Gasteiger partial charge in [-0.25, -0.2) is 24.1 Å². The number of aromatic nitrogens is 6. The zero-order chi connectivity index (χ0) is 103. The van der Waals surface area contributed by atoms with Crippen molar-refractivity contribution in [1.29, 1.82) is 0 Å². The topological polar surface area (TPSA) is 409 Å². The maximum absolute atomic E-state index is 12.7. The van der Waals surface area contributed by atoms with Crippen molar-refractivity contribution in [3.8, 4) is 28.7 Å². The molecule has 15 rings (SSSR count). The molecule has 4 aliphatic rings. The van der Waals surface area contributed by atoms with Crippen LogP contribution in [0.25, 0.3) is 0 Å². The molecular weight excluding hydrogens is 2050 g/mol. The minimum Gasteiger partial charge on any atom is -0.495 e. The summed E-state index contributed by atoms with van der Waals surface area (Å²) in [4.78, 5) is 63.4. The largest absolute Gasteiger partial charge is 0.495 e. The van der Waals surface area contributed by atoms with E-state index in [2.05, 4.69) is 107 Å². The van der Waals surface area contributed by atoms with Gasteiger partial charge in [0.1, 0.15) is 59.6 Å². The number of ether oxygens (including phenoxy) is 5. The van der Waals surface area contributed by atoms with Crippen LogP contribution in [0.5, 0.6) is 28.7 Å². The average Bonchev–Trinajstić information content (AvgIpc) is 0.805. The van der Waals surface area contributed by atoms with Crippen LogP contribution in [0.4, 0.5) is 115 Å². The molecule has 4 saturated heterocycles. The van der Waals surface area contributed by atoms with Gasteiger partial charge in [-0.2, -0.15) is 28.1 Å². The third-order valence-electron chi connectivity index (χ3n) is 21.7. The van der Waals surface area contributed by atoms with Crippen LogP contribution in [0.1, 0.15) is 77.0 Å². The number of para-hydroxylation sites is 3. The fourth-order valence-corrected chi connectivity index (χ4v) is 18.5. The molecule has 7 heterocycles. The van der Waals surface area contributed by atoms with Crippen molar-refractivity contribution in [3.05, 3.63) is 243 Å². The predicted molar refractivity (Wildman–Crippen MR) is 563 cm³/mol. The van der Waals surface area contributed by atoms with Crippen molar-refractivity contribution in [1.82, 2.24) is 35.2 Å². The first-order valence-electron chi connectivity index (χ1n) is 44.8. The number of nitro benzene ring substituents is 2. The molecule has 1 radical (unpaired) electrons. The minimum atomic E-state index is -5.08. The molecule has 45 heteroatoms. The van der Waals surface area contributed by atoms with Crippen LogP contribution in [0.2, 0.25) is 20.4 Å². The van der Waals surface area contributed by atoms with E-state index in [4.69, 9.17) is 81.0 Å². The van der Waals surface area contributed by atoms with Crippen LogP contribution >= 0.6 is 67.8 Å². The molecular formula is C97H120Cl4F4N19O14P3Y-2. The van der Waals surface area contributed by atoms with Crippen LogP contribution in [-0.2, 0) is 51.2 Å². The molecule has 3 aromatic heterocycles. The number of piperidine rings is 4. The first kappa shape index (κ1) is 118. The Bertz CT molecular complexity index is 6090. The molecule has 33 nitrogen and oxygen atoms in total. The average molecular weight is 2180 g/mol. The number of carboxylic acids is 1. The number of carboxylic acid groups (broad SMARTS) is 1. The van der Waals surface area contributed by atoms with Crippen molar-refractivity contribution in [2.24, 2.45) is 0 Å². The van der Waals surface area contributed by atoms with Crippen LogP contribution in [0, 0.1) is 39.9 Å². The minimum absolute atomic E-state index is 0. The van der Waals surface area contributed by atoms with Crippen molar-refractivity contribution in [2.75, 3.05) is 193 Å². The van der Waals surface area contributed by atoms with E-state index < -0.39 is 49.2 Å². The molecule has 0 aliphatic carbocycles. The summed E-state index contributed by atoms with van der Waals surface area (Å²) in [7, 11) is 0.239. The molecule has 0 atom stereocenters. The summed E-state index contributed by atoms with van der Waals surface area (Å²) in [6, 6.07) is 48.2. The first-order valence-corrected chi connectivity index (χ1v) is 54.1. The Morgan fingerprint density at radius 2 is 0.796 bits per heavy atom. The maximum atomic E-state index is 12.7. The van der Waals surface area contributed by atoms with Crippen LogP contribution in [0.15, 0.2) is 182 Å². The van der Waals surface area contributed by atoms with Gasteiger partial charge in [-0.05, 0) is 220 Å². The second kappa shape index (κ2) is 58.0. The SMILES string of the molecule is C1CCNCC1.COc1cc(F)ccc1[N+](=O)[O-].COc1cc(N2CCCCC2)ccc1N.COc1cc(N2CCCCC2)ccc1Nc1ncc(Cl)c(Nc2ccccc2P(C)(C)=O)n1.COc1cc(N2CCCCC2)ccc1[N+](=O)[O-].CP(C)(=O)c1ccccc1Nc1nc(Cl)ncc1Cl.O=C(O)C(F)(F)F.[CH2-]CN(C[CH2-])c1ccc(Nc2ncc(Cl)c(Nc3ccccc3P(C)(C)=O)n2)c(OC)c1.[Y]. The Balaban J connectivity index is 0.000000232. The van der Waals surface area contributed by atoms with Gasteiger partial charge < -0.3 is 114 Å². The summed E-state index contributed by atoms with van der Waals surface area (Å²) >= 11 is 24.4. The van der Waals surface area contributed by atoms with Gasteiger partial charge in [0.2, 0.25) is 17.2 Å². The number of hydrogen-bond donors (Lipinski definition) is 8. The van der Waals surface area contributed by atoms with E-state index in [1.165, 1.54) is 135 Å². The normalized spacial score (nSPS) is 13.3. The number of rotatable bonds is 26. The number of nitrogen functional groups attached to an aromatic ring is 1. The van der Waals surface area contributed by atoms with E-state index in [0.717, 1.165) is 108 Å². The van der Waals surface area contributed by atoms with Crippen molar-refractivity contribution >= 4 is 187 Å². The van der Waals surface area contributed by atoms with Crippen molar-refractivity contribution < 1.29 is 107 Å². The number of nitrogens with two attached hydrogens (primary N) is 1. The Kier molecular flexibility index (Phi) is 48.1. The number of alkyl halides is 3. The Morgan fingerprint density at radius 1 is 0.465 bits per heavy atom. The molecule has 4 aliphatic heterocycles. The summed E-state index contributed by atoms with van der Waals surface area (Å²) in [5.74, 6) is 1.01. The van der Waals surface area contributed by atoms with Crippen molar-refractivity contribution in [3.63, 3.8) is 0 Å². The molecule has 9 N–H and O–H groups in total. The zero-order valence-electron chi connectivity index (χ0n) is 80.9. The van der Waals surface area contributed by atoms with Gasteiger partial charge in [0, 0.05) is 153 Å². The second-order valence-corrected chi connectivity index (χ2v) is 44.1. The van der Waals surface area contributed by atoms with Crippen molar-refractivity contribution in [2.45, 2.75) is 83.2 Å². The van der Waals surface area contributed by atoms with E-state index in [1.54, 1.807) is 73.5 Å². The quantitative estimate of drug-likeness (QED) is 0.00475.